The first-order valence-corrected chi connectivity index (χ1v) is 10.7. The Kier molecular flexibility index (Phi) is 6.16. The number of thioether (sulfide) groups is 1. The number of carbonyl (C=O) groups is 1. The third-order valence-electron chi connectivity index (χ3n) is 4.45. The van der Waals surface area contributed by atoms with Crippen LogP contribution < -0.4 is 10.9 Å². The van der Waals surface area contributed by atoms with Crippen LogP contribution in [0.5, 0.6) is 0 Å². The minimum absolute atomic E-state index is 0.112. The van der Waals surface area contributed by atoms with Crippen molar-refractivity contribution in [3.63, 3.8) is 0 Å². The van der Waals surface area contributed by atoms with E-state index in [1.54, 1.807) is 34.9 Å². The smallest absolute Gasteiger partial charge is 0.266 e. The van der Waals surface area contributed by atoms with Gasteiger partial charge in [0.1, 0.15) is 0 Å². The van der Waals surface area contributed by atoms with Crippen LogP contribution in [0.3, 0.4) is 0 Å². The number of rotatable bonds is 6. The van der Waals surface area contributed by atoms with Crippen LogP contribution in [0, 0.1) is 0 Å². The lowest BCUT2D eigenvalue weighted by molar-refractivity contribution is -0.115. The van der Waals surface area contributed by atoms with E-state index < -0.39 is 0 Å². The van der Waals surface area contributed by atoms with Gasteiger partial charge < -0.3 is 5.32 Å². The molecule has 0 bridgehead atoms. The van der Waals surface area contributed by atoms with Gasteiger partial charge in [-0.1, -0.05) is 53.7 Å². The van der Waals surface area contributed by atoms with E-state index in [-0.39, 0.29) is 17.9 Å². The van der Waals surface area contributed by atoms with E-state index in [4.69, 9.17) is 11.6 Å². The summed E-state index contributed by atoms with van der Waals surface area (Å²) >= 11 is 7.25. The van der Waals surface area contributed by atoms with Crippen molar-refractivity contribution in [1.29, 1.82) is 0 Å². The number of halogens is 1. The summed E-state index contributed by atoms with van der Waals surface area (Å²) in [6, 6.07) is 23.6. The predicted octanol–water partition coefficient (Wildman–Crippen LogP) is 5.16. The summed E-state index contributed by atoms with van der Waals surface area (Å²) in [5, 5.41) is 4.58. The molecule has 4 aromatic rings. The van der Waals surface area contributed by atoms with Crippen molar-refractivity contribution < 1.29 is 4.79 Å². The van der Waals surface area contributed by atoms with E-state index in [9.17, 15) is 9.59 Å². The Bertz CT molecular complexity index is 1240. The fraction of sp³-hybridized carbons (Fsp3) is 0.0870. The molecule has 4 rings (SSSR count). The molecule has 0 aliphatic heterocycles. The van der Waals surface area contributed by atoms with E-state index in [0.717, 1.165) is 5.69 Å². The molecule has 1 aromatic heterocycles. The quantitative estimate of drug-likeness (QED) is 0.335. The lowest BCUT2D eigenvalue weighted by Crippen LogP contribution is -2.22. The topological polar surface area (TPSA) is 64.0 Å². The van der Waals surface area contributed by atoms with Crippen molar-refractivity contribution in [3.05, 3.63) is 94.2 Å². The summed E-state index contributed by atoms with van der Waals surface area (Å²) in [4.78, 5) is 30.1. The van der Waals surface area contributed by atoms with Gasteiger partial charge in [-0.3, -0.25) is 14.2 Å². The zero-order valence-corrected chi connectivity index (χ0v) is 17.5. The maximum Gasteiger partial charge on any atom is 0.266 e. The summed E-state index contributed by atoms with van der Waals surface area (Å²) in [6.07, 6.45) is 0.283. The molecule has 150 valence electrons. The molecule has 0 radical (unpaired) electrons. The Hall–Kier alpha value is -3.09. The highest BCUT2D eigenvalue weighted by Gasteiger charge is 2.13. The Morgan fingerprint density at radius 2 is 1.67 bits per heavy atom. The lowest BCUT2D eigenvalue weighted by atomic mass is 10.2. The second-order valence-electron chi connectivity index (χ2n) is 6.54. The number of nitrogens with one attached hydrogen (secondary N) is 1. The summed E-state index contributed by atoms with van der Waals surface area (Å²) in [5.41, 5.74) is 1.95. The number of nitrogens with zero attached hydrogens (tertiary/aromatic N) is 2. The minimum atomic E-state index is -0.125. The summed E-state index contributed by atoms with van der Waals surface area (Å²) in [6.45, 7) is 0. The first-order valence-electron chi connectivity index (χ1n) is 9.37. The first-order chi connectivity index (χ1) is 14.6. The molecule has 0 spiro atoms. The van der Waals surface area contributed by atoms with Crippen molar-refractivity contribution in [2.45, 2.75) is 11.6 Å². The standard InChI is InChI=1S/C23H18ClN3O2S/c24-16-10-12-17(13-11-16)25-21(28)14-15-30-23-26-20-9-5-4-8-19(20)22(29)27(23)18-6-2-1-3-7-18/h1-13H,14-15H2,(H,25,28). The van der Waals surface area contributed by atoms with Gasteiger partial charge in [0.25, 0.3) is 5.56 Å². The van der Waals surface area contributed by atoms with Gasteiger partial charge in [0.15, 0.2) is 5.16 Å². The molecule has 0 atom stereocenters. The van der Waals surface area contributed by atoms with Crippen molar-refractivity contribution in [2.24, 2.45) is 0 Å². The van der Waals surface area contributed by atoms with Gasteiger partial charge in [-0.05, 0) is 48.5 Å². The highest BCUT2D eigenvalue weighted by molar-refractivity contribution is 7.99. The average Bonchev–Trinajstić information content (AvgIpc) is 2.76. The molecule has 1 heterocycles. The van der Waals surface area contributed by atoms with E-state index in [0.29, 0.717) is 32.5 Å². The minimum Gasteiger partial charge on any atom is -0.326 e. The third kappa shape index (κ3) is 4.56. The van der Waals surface area contributed by atoms with Crippen molar-refractivity contribution in [1.82, 2.24) is 9.55 Å². The number of para-hydroxylation sites is 2. The molecular formula is C23H18ClN3O2S. The molecule has 0 unspecified atom stereocenters. The number of amides is 1. The lowest BCUT2D eigenvalue weighted by Gasteiger charge is -2.13. The summed E-state index contributed by atoms with van der Waals surface area (Å²) < 4.78 is 1.60. The van der Waals surface area contributed by atoms with Crippen LogP contribution in [-0.4, -0.2) is 21.2 Å². The molecule has 5 nitrogen and oxygen atoms in total. The molecular weight excluding hydrogens is 418 g/mol. The maximum absolute atomic E-state index is 13.1. The molecule has 7 heteroatoms. The van der Waals surface area contributed by atoms with Crippen molar-refractivity contribution in [2.75, 3.05) is 11.1 Å². The molecule has 0 aliphatic carbocycles. The van der Waals surface area contributed by atoms with E-state index in [2.05, 4.69) is 10.3 Å². The summed E-state index contributed by atoms with van der Waals surface area (Å²) in [7, 11) is 0. The van der Waals surface area contributed by atoms with Crippen LogP contribution in [0.4, 0.5) is 5.69 Å². The largest absolute Gasteiger partial charge is 0.326 e. The van der Waals surface area contributed by atoms with Crippen molar-refractivity contribution >= 4 is 45.9 Å². The predicted molar refractivity (Wildman–Crippen MR) is 123 cm³/mol. The highest BCUT2D eigenvalue weighted by Crippen LogP contribution is 2.22. The molecule has 0 aliphatic rings. The third-order valence-corrected chi connectivity index (χ3v) is 5.64. The van der Waals surface area contributed by atoms with Gasteiger partial charge in [0.05, 0.1) is 16.6 Å². The van der Waals surface area contributed by atoms with Gasteiger partial charge >= 0.3 is 0 Å². The van der Waals surface area contributed by atoms with Crippen LogP contribution in [0.1, 0.15) is 6.42 Å². The number of carbonyl (C=O) groups excluding carboxylic acids is 1. The van der Waals surface area contributed by atoms with Crippen LogP contribution in [0.2, 0.25) is 5.02 Å². The molecule has 0 saturated carbocycles. The van der Waals surface area contributed by atoms with E-state index in [1.807, 2.05) is 48.5 Å². The summed E-state index contributed by atoms with van der Waals surface area (Å²) in [5.74, 6) is 0.371. The van der Waals surface area contributed by atoms with Crippen LogP contribution in [0.25, 0.3) is 16.6 Å². The van der Waals surface area contributed by atoms with Gasteiger partial charge in [0.2, 0.25) is 5.91 Å². The fourth-order valence-corrected chi connectivity index (χ4v) is 4.08. The highest BCUT2D eigenvalue weighted by atomic mass is 35.5. The normalized spacial score (nSPS) is 10.8. The van der Waals surface area contributed by atoms with E-state index in [1.165, 1.54) is 11.8 Å². The molecule has 0 saturated heterocycles. The average molecular weight is 436 g/mol. The molecule has 1 N–H and O–H groups in total. The number of hydrogen-bond acceptors (Lipinski definition) is 4. The maximum atomic E-state index is 13.1. The first kappa shape index (κ1) is 20.2. The van der Waals surface area contributed by atoms with Gasteiger partial charge in [0, 0.05) is 22.9 Å². The van der Waals surface area contributed by atoms with Gasteiger partial charge in [-0.2, -0.15) is 0 Å². The van der Waals surface area contributed by atoms with Gasteiger partial charge in [-0.25, -0.2) is 4.98 Å². The van der Waals surface area contributed by atoms with E-state index >= 15 is 0 Å². The molecule has 1 amide bonds. The Morgan fingerprint density at radius 1 is 0.967 bits per heavy atom. The van der Waals surface area contributed by atoms with Crippen LogP contribution >= 0.6 is 23.4 Å². The van der Waals surface area contributed by atoms with Gasteiger partial charge in [-0.15, -0.1) is 0 Å². The zero-order chi connectivity index (χ0) is 20.9. The number of anilines is 1. The second kappa shape index (κ2) is 9.15. The molecule has 3 aromatic carbocycles. The van der Waals surface area contributed by atoms with Crippen LogP contribution in [0.15, 0.2) is 88.8 Å². The number of benzene rings is 3. The molecule has 30 heavy (non-hydrogen) atoms. The number of hydrogen-bond donors (Lipinski definition) is 1. The molecule has 0 fully saturated rings. The zero-order valence-electron chi connectivity index (χ0n) is 15.9. The Morgan fingerprint density at radius 3 is 2.43 bits per heavy atom. The SMILES string of the molecule is O=C(CCSc1nc2ccccc2c(=O)n1-c1ccccc1)Nc1ccc(Cl)cc1. The number of fused-ring (bicyclic) bond motifs is 1. The van der Waals surface area contributed by atoms with Crippen LogP contribution in [-0.2, 0) is 4.79 Å². The fourth-order valence-electron chi connectivity index (χ4n) is 3.01. The monoisotopic (exact) mass is 435 g/mol. The Labute approximate surface area is 182 Å². The Balaban J connectivity index is 1.55. The van der Waals surface area contributed by atoms with Crippen molar-refractivity contribution in [3.8, 4) is 5.69 Å². The number of aromatic nitrogens is 2. The second-order valence-corrected chi connectivity index (χ2v) is 8.04.